The highest BCUT2D eigenvalue weighted by atomic mass is 16.6. The third kappa shape index (κ3) is 24.6. The molecule has 0 saturated heterocycles. The quantitative estimate of drug-likeness (QED) is 0.0328. The number of amides is 6. The van der Waals surface area contributed by atoms with Gasteiger partial charge in [0.25, 0.3) is 0 Å². The number of ether oxygens (including phenoxy) is 5. The molecule has 6 amide bonds. The number of carbonyl (C=O) groups excluding carboxylic acids is 6. The molecule has 0 unspecified atom stereocenters. The van der Waals surface area contributed by atoms with Crippen molar-refractivity contribution in [3.8, 4) is 0 Å². The summed E-state index contributed by atoms with van der Waals surface area (Å²) in [6.45, 7) is 2.99. The van der Waals surface area contributed by atoms with Gasteiger partial charge in [-0.15, -0.1) is 0 Å². The lowest BCUT2D eigenvalue weighted by Crippen LogP contribution is -2.48. The number of nitrogens with zero attached hydrogens (tertiary/aromatic N) is 8. The molecule has 0 saturated carbocycles. The van der Waals surface area contributed by atoms with Crippen molar-refractivity contribution in [3.05, 3.63) is 10.4 Å². The molecule has 21 heteroatoms. The molecule has 0 rings (SSSR count). The Kier molecular flexibility index (Phi) is 27.2. The zero-order valence-corrected chi connectivity index (χ0v) is 30.6. The van der Waals surface area contributed by atoms with Crippen LogP contribution in [0.4, 0.5) is 0 Å². The Balaban J connectivity index is 4.03. The molecule has 292 valence electrons. The van der Waals surface area contributed by atoms with Crippen molar-refractivity contribution in [1.29, 1.82) is 0 Å². The lowest BCUT2D eigenvalue weighted by molar-refractivity contribution is -0.145. The second-order valence-corrected chi connectivity index (χ2v) is 11.2. The number of hydrogen-bond donors (Lipinski definition) is 2. The minimum Gasteiger partial charge on any atom is -0.379 e. The summed E-state index contributed by atoms with van der Waals surface area (Å²) in [6.07, 6.45) is 0.101. The summed E-state index contributed by atoms with van der Waals surface area (Å²) in [6, 6.07) is 0. The lowest BCUT2D eigenvalue weighted by Gasteiger charge is -2.26. The summed E-state index contributed by atoms with van der Waals surface area (Å²) in [5.41, 5.74) is 13.5. The Morgan fingerprint density at radius 3 is 1.25 bits per heavy atom. The van der Waals surface area contributed by atoms with E-state index in [2.05, 4.69) is 15.3 Å². The van der Waals surface area contributed by atoms with Crippen molar-refractivity contribution in [2.75, 3.05) is 154 Å². The first-order valence-corrected chi connectivity index (χ1v) is 16.4. The number of carbonyl (C=O) groups is 6. The number of rotatable bonds is 30. The molecular weight excluding hydrogens is 676 g/mol. The number of hydrogen-bond acceptors (Lipinski definition) is 13. The van der Waals surface area contributed by atoms with E-state index in [1.54, 1.807) is 0 Å². The Labute approximate surface area is 299 Å². The standard InChI is InChI=1S/C30H56N10O11/c1-36(20-25(41)33-8-10-47-12-14-49-16-18-51-19-17-50-15-13-48-11-9-34-35-32)27(43)22-38(3)29(45)24-40(5)30(46)23-39(4)28(44)21-37(2)26(42)6-7-31/h6-24,31H2,1-5H3,(H,33,41). The Morgan fingerprint density at radius 2 is 0.882 bits per heavy atom. The smallest absolute Gasteiger partial charge is 0.242 e. The number of azide groups is 1. The van der Waals surface area contributed by atoms with Crippen molar-refractivity contribution in [1.82, 2.24) is 29.8 Å². The van der Waals surface area contributed by atoms with E-state index in [-0.39, 0.29) is 71.3 Å². The molecule has 0 aliphatic carbocycles. The molecule has 0 radical (unpaired) electrons. The summed E-state index contributed by atoms with van der Waals surface area (Å²) in [5.74, 6) is -2.66. The Hall–Kier alpha value is -4.11. The minimum absolute atomic E-state index is 0.101. The van der Waals surface area contributed by atoms with Crippen LogP contribution in [-0.2, 0) is 52.5 Å². The summed E-state index contributed by atoms with van der Waals surface area (Å²) >= 11 is 0. The zero-order chi connectivity index (χ0) is 38.4. The molecular formula is C30H56N10O11. The topological polar surface area (TPSA) is 252 Å². The molecule has 0 spiro atoms. The van der Waals surface area contributed by atoms with Gasteiger partial charge in [0.2, 0.25) is 35.4 Å². The van der Waals surface area contributed by atoms with Crippen molar-refractivity contribution in [3.63, 3.8) is 0 Å². The van der Waals surface area contributed by atoms with Gasteiger partial charge in [-0.3, -0.25) is 28.8 Å². The van der Waals surface area contributed by atoms with Gasteiger partial charge in [0.1, 0.15) is 0 Å². The highest BCUT2D eigenvalue weighted by Gasteiger charge is 2.23. The predicted octanol–water partition coefficient (Wildman–Crippen LogP) is -2.86. The van der Waals surface area contributed by atoms with E-state index in [9.17, 15) is 28.8 Å². The van der Waals surface area contributed by atoms with E-state index in [1.807, 2.05) is 0 Å². The molecule has 0 aliphatic heterocycles. The highest BCUT2D eigenvalue weighted by molar-refractivity contribution is 5.91. The number of nitrogens with one attached hydrogen (secondary N) is 1. The average Bonchev–Trinajstić information content (AvgIpc) is 3.08. The van der Waals surface area contributed by atoms with Crippen molar-refractivity contribution < 1.29 is 52.5 Å². The fourth-order valence-electron chi connectivity index (χ4n) is 3.72. The fraction of sp³-hybridized carbons (Fsp3) is 0.800. The Bertz CT molecular complexity index is 1110. The van der Waals surface area contributed by atoms with Gasteiger partial charge in [-0.05, 0) is 5.53 Å². The van der Waals surface area contributed by atoms with Crippen LogP contribution in [0.3, 0.4) is 0 Å². The number of likely N-dealkylation sites (N-methyl/N-ethyl adjacent to an activating group) is 5. The van der Waals surface area contributed by atoms with E-state index in [4.69, 9.17) is 34.9 Å². The maximum Gasteiger partial charge on any atom is 0.242 e. The van der Waals surface area contributed by atoms with E-state index in [0.717, 1.165) is 14.7 Å². The monoisotopic (exact) mass is 732 g/mol. The molecule has 3 N–H and O–H groups in total. The van der Waals surface area contributed by atoms with Crippen LogP contribution >= 0.6 is 0 Å². The highest BCUT2D eigenvalue weighted by Crippen LogP contribution is 1.98. The first kappa shape index (κ1) is 46.9. The molecule has 0 fully saturated rings. The van der Waals surface area contributed by atoms with E-state index < -0.39 is 29.5 Å². The maximum atomic E-state index is 12.6. The summed E-state index contributed by atoms with van der Waals surface area (Å²) in [7, 11) is 7.11. The second kappa shape index (κ2) is 29.6. The lowest BCUT2D eigenvalue weighted by atomic mass is 10.3. The van der Waals surface area contributed by atoms with Crippen LogP contribution in [0.2, 0.25) is 0 Å². The van der Waals surface area contributed by atoms with E-state index in [0.29, 0.717) is 59.5 Å². The first-order chi connectivity index (χ1) is 24.3. The van der Waals surface area contributed by atoms with Gasteiger partial charge in [0, 0.05) is 66.2 Å². The van der Waals surface area contributed by atoms with E-state index in [1.165, 1.54) is 45.0 Å². The third-order valence-electron chi connectivity index (χ3n) is 6.81. The van der Waals surface area contributed by atoms with Crippen LogP contribution in [0.15, 0.2) is 5.11 Å². The van der Waals surface area contributed by atoms with Gasteiger partial charge in [-0.25, -0.2) is 0 Å². The SMILES string of the molecule is CN(CC(=O)NCCOCCOCCOCCOCCOCCN=[N+]=[N-])C(=O)CN(C)C(=O)CN(C)C(=O)CN(C)C(=O)CN(C)C(=O)CCN. The molecule has 21 nitrogen and oxygen atoms in total. The minimum atomic E-state index is -0.517. The third-order valence-corrected chi connectivity index (χ3v) is 6.81. The molecule has 0 aromatic heterocycles. The molecule has 51 heavy (non-hydrogen) atoms. The van der Waals surface area contributed by atoms with Crippen LogP contribution in [-0.4, -0.2) is 214 Å². The predicted molar refractivity (Wildman–Crippen MR) is 183 cm³/mol. The van der Waals surface area contributed by atoms with Gasteiger partial charge in [-0.2, -0.15) is 0 Å². The molecule has 0 bridgehead atoms. The van der Waals surface area contributed by atoms with Crippen molar-refractivity contribution in [2.24, 2.45) is 10.8 Å². The second-order valence-electron chi connectivity index (χ2n) is 11.2. The van der Waals surface area contributed by atoms with E-state index >= 15 is 0 Å². The summed E-state index contributed by atoms with van der Waals surface area (Å²) in [4.78, 5) is 82.7. The normalized spacial score (nSPS) is 10.5. The summed E-state index contributed by atoms with van der Waals surface area (Å²) < 4.78 is 26.8. The average molecular weight is 733 g/mol. The molecule has 0 atom stereocenters. The maximum absolute atomic E-state index is 12.6. The van der Waals surface area contributed by atoms with Crippen LogP contribution in [0.5, 0.6) is 0 Å². The van der Waals surface area contributed by atoms with Crippen LogP contribution < -0.4 is 11.1 Å². The van der Waals surface area contributed by atoms with Gasteiger partial charge in [0.15, 0.2) is 0 Å². The summed E-state index contributed by atoms with van der Waals surface area (Å²) in [5, 5.41) is 6.00. The Morgan fingerprint density at radius 1 is 0.549 bits per heavy atom. The van der Waals surface area contributed by atoms with Crippen molar-refractivity contribution in [2.45, 2.75) is 6.42 Å². The van der Waals surface area contributed by atoms with Crippen LogP contribution in [0.25, 0.3) is 10.4 Å². The van der Waals surface area contributed by atoms with Gasteiger partial charge in [-0.1, -0.05) is 5.11 Å². The zero-order valence-electron chi connectivity index (χ0n) is 30.6. The van der Waals surface area contributed by atoms with Crippen LogP contribution in [0, 0.1) is 0 Å². The van der Waals surface area contributed by atoms with Crippen molar-refractivity contribution >= 4 is 35.4 Å². The first-order valence-electron chi connectivity index (χ1n) is 16.4. The largest absolute Gasteiger partial charge is 0.379 e. The number of nitrogens with two attached hydrogens (primary N) is 1. The molecule has 0 heterocycles. The molecule has 0 aromatic rings. The molecule has 0 aromatic carbocycles. The van der Waals surface area contributed by atoms with Gasteiger partial charge < -0.3 is 59.2 Å². The van der Waals surface area contributed by atoms with Gasteiger partial charge >= 0.3 is 0 Å². The van der Waals surface area contributed by atoms with Crippen LogP contribution in [0.1, 0.15) is 6.42 Å². The molecule has 0 aliphatic rings. The van der Waals surface area contributed by atoms with Gasteiger partial charge in [0.05, 0.1) is 98.8 Å². The fourth-order valence-corrected chi connectivity index (χ4v) is 3.72.